The van der Waals surface area contributed by atoms with Gasteiger partial charge in [0.05, 0.1) is 18.0 Å². The van der Waals surface area contributed by atoms with Gasteiger partial charge < -0.3 is 0 Å². The first kappa shape index (κ1) is 16.2. The van der Waals surface area contributed by atoms with Crippen molar-refractivity contribution in [2.24, 2.45) is 4.99 Å². The number of aryl methyl sites for hydroxylation is 1. The number of aromatic nitrogens is 2. The first-order chi connectivity index (χ1) is 12.0. The predicted octanol–water partition coefficient (Wildman–Crippen LogP) is 5.25. The average Bonchev–Trinajstić information content (AvgIpc) is 2.72. The SMILES string of the molecule is Cc1nc(Cl)c2c(n1)CN=C(c1ccccc1F)c1cc(Cl)ccc1-2. The van der Waals surface area contributed by atoms with E-state index >= 15 is 0 Å². The van der Waals surface area contributed by atoms with Gasteiger partial charge in [-0.3, -0.25) is 4.99 Å². The Labute approximate surface area is 154 Å². The maximum atomic E-state index is 14.4. The maximum absolute atomic E-state index is 14.4. The molecule has 0 bridgehead atoms. The first-order valence-corrected chi connectivity index (χ1v) is 8.43. The standard InChI is InChI=1S/C19H12Cl2FN3/c1-10-24-16-9-23-18(13-4-2-3-5-15(13)22)14-8-11(20)6-7-12(14)17(16)19(21)25-10/h2-8H,9H2,1H3. The summed E-state index contributed by atoms with van der Waals surface area (Å²) in [6.45, 7) is 2.07. The van der Waals surface area contributed by atoms with E-state index in [0.29, 0.717) is 44.1 Å². The van der Waals surface area contributed by atoms with Gasteiger partial charge in [0.25, 0.3) is 0 Å². The molecular formula is C19H12Cl2FN3. The van der Waals surface area contributed by atoms with Crippen molar-refractivity contribution in [3.8, 4) is 11.1 Å². The zero-order chi connectivity index (χ0) is 17.6. The lowest BCUT2D eigenvalue weighted by molar-refractivity contribution is 0.625. The molecule has 124 valence electrons. The van der Waals surface area contributed by atoms with Gasteiger partial charge in [-0.1, -0.05) is 41.4 Å². The summed E-state index contributed by atoms with van der Waals surface area (Å²) >= 11 is 12.6. The third-order valence-electron chi connectivity index (χ3n) is 4.07. The molecule has 0 fully saturated rings. The Balaban J connectivity index is 2.05. The van der Waals surface area contributed by atoms with E-state index in [2.05, 4.69) is 15.0 Å². The molecule has 0 saturated heterocycles. The lowest BCUT2D eigenvalue weighted by Crippen LogP contribution is -2.07. The quantitative estimate of drug-likeness (QED) is 0.548. The second kappa shape index (κ2) is 6.21. The molecule has 0 saturated carbocycles. The average molecular weight is 372 g/mol. The van der Waals surface area contributed by atoms with Gasteiger partial charge in [-0.2, -0.15) is 0 Å². The van der Waals surface area contributed by atoms with Crippen LogP contribution in [-0.4, -0.2) is 15.7 Å². The van der Waals surface area contributed by atoms with Crippen LogP contribution in [-0.2, 0) is 6.54 Å². The molecule has 3 aromatic rings. The summed E-state index contributed by atoms with van der Waals surface area (Å²) < 4.78 is 14.4. The van der Waals surface area contributed by atoms with Crippen molar-refractivity contribution in [3.63, 3.8) is 0 Å². The third kappa shape index (κ3) is 2.81. The van der Waals surface area contributed by atoms with E-state index in [1.165, 1.54) is 6.07 Å². The second-order valence-corrected chi connectivity index (χ2v) is 6.51. The lowest BCUT2D eigenvalue weighted by Gasteiger charge is -2.13. The molecular weight excluding hydrogens is 360 g/mol. The van der Waals surface area contributed by atoms with Gasteiger partial charge >= 0.3 is 0 Å². The van der Waals surface area contributed by atoms with Crippen LogP contribution in [0.15, 0.2) is 47.5 Å². The van der Waals surface area contributed by atoms with Crippen LogP contribution < -0.4 is 0 Å². The van der Waals surface area contributed by atoms with Crippen LogP contribution in [0.25, 0.3) is 11.1 Å². The summed E-state index contributed by atoms with van der Waals surface area (Å²) in [4.78, 5) is 13.4. The van der Waals surface area contributed by atoms with Gasteiger partial charge in [-0.15, -0.1) is 0 Å². The fraction of sp³-hybridized carbons (Fsp3) is 0.105. The summed E-state index contributed by atoms with van der Waals surface area (Å²) in [6, 6.07) is 11.9. The van der Waals surface area contributed by atoms with E-state index in [0.717, 1.165) is 5.56 Å². The Hall–Kier alpha value is -2.30. The number of halogens is 3. The molecule has 6 heteroatoms. The van der Waals surface area contributed by atoms with Crippen LogP contribution in [0.4, 0.5) is 4.39 Å². The van der Waals surface area contributed by atoms with Gasteiger partial charge in [-0.25, -0.2) is 14.4 Å². The zero-order valence-electron chi connectivity index (χ0n) is 13.2. The van der Waals surface area contributed by atoms with Crippen molar-refractivity contribution in [2.45, 2.75) is 13.5 Å². The van der Waals surface area contributed by atoms with Gasteiger partial charge in [0.1, 0.15) is 16.8 Å². The van der Waals surface area contributed by atoms with Crippen molar-refractivity contribution < 1.29 is 4.39 Å². The topological polar surface area (TPSA) is 38.1 Å². The van der Waals surface area contributed by atoms with E-state index < -0.39 is 0 Å². The molecule has 3 nitrogen and oxygen atoms in total. The van der Waals surface area contributed by atoms with Crippen molar-refractivity contribution in [2.75, 3.05) is 0 Å². The molecule has 2 heterocycles. The molecule has 0 aliphatic carbocycles. The molecule has 4 rings (SSSR count). The molecule has 1 aliphatic rings. The zero-order valence-corrected chi connectivity index (χ0v) is 14.7. The Morgan fingerprint density at radius 2 is 1.76 bits per heavy atom. The Morgan fingerprint density at radius 3 is 2.56 bits per heavy atom. The van der Waals surface area contributed by atoms with Crippen LogP contribution in [0.1, 0.15) is 22.6 Å². The highest BCUT2D eigenvalue weighted by molar-refractivity contribution is 6.34. The summed E-state index contributed by atoms with van der Waals surface area (Å²) in [5.74, 6) is 0.232. The molecule has 0 spiro atoms. The van der Waals surface area contributed by atoms with Gasteiger partial charge in [0, 0.05) is 21.7 Å². The highest BCUT2D eigenvalue weighted by Crippen LogP contribution is 2.37. The normalized spacial score (nSPS) is 12.9. The van der Waals surface area contributed by atoms with Gasteiger partial charge in [0.15, 0.2) is 0 Å². The second-order valence-electron chi connectivity index (χ2n) is 5.72. The number of nitrogens with zero attached hydrogens (tertiary/aromatic N) is 3. The minimum Gasteiger partial charge on any atom is -0.278 e. The minimum atomic E-state index is -0.341. The summed E-state index contributed by atoms with van der Waals surface area (Å²) in [5, 5.41) is 0.895. The number of aliphatic imine (C=N–C) groups is 1. The molecule has 25 heavy (non-hydrogen) atoms. The maximum Gasteiger partial charge on any atom is 0.140 e. The third-order valence-corrected chi connectivity index (χ3v) is 4.58. The van der Waals surface area contributed by atoms with Crippen LogP contribution in [0.3, 0.4) is 0 Å². The molecule has 0 unspecified atom stereocenters. The molecule has 0 amide bonds. The minimum absolute atomic E-state index is 0.286. The number of hydrogen-bond donors (Lipinski definition) is 0. The predicted molar refractivity (Wildman–Crippen MR) is 98.0 cm³/mol. The summed E-state index contributed by atoms with van der Waals surface area (Å²) in [7, 11) is 0. The molecule has 0 N–H and O–H groups in total. The molecule has 1 aliphatic heterocycles. The van der Waals surface area contributed by atoms with Crippen molar-refractivity contribution in [1.29, 1.82) is 0 Å². The fourth-order valence-electron chi connectivity index (χ4n) is 3.03. The van der Waals surface area contributed by atoms with E-state index in [-0.39, 0.29) is 12.4 Å². The number of hydrogen-bond acceptors (Lipinski definition) is 3. The summed E-state index contributed by atoms with van der Waals surface area (Å²) in [5.41, 5.74) is 3.89. The molecule has 1 aromatic heterocycles. The number of fused-ring (bicyclic) bond motifs is 3. The van der Waals surface area contributed by atoms with E-state index in [4.69, 9.17) is 23.2 Å². The largest absolute Gasteiger partial charge is 0.278 e. The van der Waals surface area contributed by atoms with Gasteiger partial charge in [-0.05, 0) is 36.8 Å². The Morgan fingerprint density at radius 1 is 0.960 bits per heavy atom. The van der Waals surface area contributed by atoms with Crippen molar-refractivity contribution >= 4 is 28.9 Å². The monoisotopic (exact) mass is 371 g/mol. The molecule has 0 radical (unpaired) electrons. The van der Waals surface area contributed by atoms with Gasteiger partial charge in [0.2, 0.25) is 0 Å². The van der Waals surface area contributed by atoms with E-state index in [1.54, 1.807) is 37.3 Å². The molecule has 2 aromatic carbocycles. The van der Waals surface area contributed by atoms with Crippen molar-refractivity contribution in [1.82, 2.24) is 9.97 Å². The number of benzene rings is 2. The lowest BCUT2D eigenvalue weighted by atomic mass is 9.94. The number of rotatable bonds is 1. The Kier molecular flexibility index (Phi) is 4.02. The van der Waals surface area contributed by atoms with Crippen LogP contribution in [0, 0.1) is 12.7 Å². The van der Waals surface area contributed by atoms with E-state index in [9.17, 15) is 4.39 Å². The van der Waals surface area contributed by atoms with E-state index in [1.807, 2.05) is 6.07 Å². The summed E-state index contributed by atoms with van der Waals surface area (Å²) in [6.07, 6.45) is 0. The van der Waals surface area contributed by atoms with Crippen LogP contribution in [0.5, 0.6) is 0 Å². The highest BCUT2D eigenvalue weighted by atomic mass is 35.5. The highest BCUT2D eigenvalue weighted by Gasteiger charge is 2.24. The fourth-order valence-corrected chi connectivity index (χ4v) is 3.53. The smallest absolute Gasteiger partial charge is 0.140 e. The molecule has 0 atom stereocenters. The van der Waals surface area contributed by atoms with Crippen molar-refractivity contribution in [3.05, 3.63) is 81.1 Å². The Bertz CT molecular complexity index is 1030. The van der Waals surface area contributed by atoms with Crippen LogP contribution >= 0.6 is 23.2 Å². The first-order valence-electron chi connectivity index (χ1n) is 7.67. The van der Waals surface area contributed by atoms with Crippen LogP contribution in [0.2, 0.25) is 10.2 Å².